The van der Waals surface area contributed by atoms with Gasteiger partial charge in [-0.3, -0.25) is 4.79 Å². The van der Waals surface area contributed by atoms with Gasteiger partial charge in [0, 0.05) is 64.1 Å². The van der Waals surface area contributed by atoms with E-state index in [9.17, 15) is 18.0 Å². The van der Waals surface area contributed by atoms with Crippen LogP contribution in [0.3, 0.4) is 0 Å². The van der Waals surface area contributed by atoms with Crippen molar-refractivity contribution in [2.75, 3.05) is 51.4 Å². The second kappa shape index (κ2) is 10.5. The van der Waals surface area contributed by atoms with Gasteiger partial charge in [-0.15, -0.1) is 0 Å². The summed E-state index contributed by atoms with van der Waals surface area (Å²) in [5.41, 5.74) is -0.952. The molecule has 2 saturated heterocycles. The number of anilines is 1. The summed E-state index contributed by atoms with van der Waals surface area (Å²) in [6.07, 6.45) is 1.25. The van der Waals surface area contributed by atoms with Gasteiger partial charge in [0.05, 0.1) is 12.7 Å². The molecule has 4 rings (SSSR count). The summed E-state index contributed by atoms with van der Waals surface area (Å²) in [6.45, 7) is 3.05. The fourth-order valence-electron chi connectivity index (χ4n) is 5.05. The van der Waals surface area contributed by atoms with Crippen molar-refractivity contribution in [3.05, 3.63) is 18.0 Å². The SMILES string of the molecule is COC1COCCC1NC1CCCC(C(=O)N2CCN(c3nccc(C(F)(F)F)n3)CC2)C1. The lowest BCUT2D eigenvalue weighted by Gasteiger charge is -2.40. The van der Waals surface area contributed by atoms with E-state index in [1.165, 1.54) is 0 Å². The molecule has 1 aliphatic carbocycles. The second-order valence-corrected chi connectivity index (χ2v) is 9.02. The monoisotopic (exact) mass is 471 g/mol. The van der Waals surface area contributed by atoms with Crippen LogP contribution < -0.4 is 10.2 Å². The van der Waals surface area contributed by atoms with Crippen molar-refractivity contribution in [3.8, 4) is 0 Å². The highest BCUT2D eigenvalue weighted by Gasteiger charge is 2.36. The Hall–Kier alpha value is -1.98. The van der Waals surface area contributed by atoms with Crippen LogP contribution in [0.4, 0.5) is 19.1 Å². The highest BCUT2D eigenvalue weighted by molar-refractivity contribution is 5.79. The minimum atomic E-state index is -4.51. The van der Waals surface area contributed by atoms with Crippen molar-refractivity contribution in [1.29, 1.82) is 0 Å². The number of halogens is 3. The molecule has 1 aromatic heterocycles. The summed E-state index contributed by atoms with van der Waals surface area (Å²) < 4.78 is 49.9. The van der Waals surface area contributed by atoms with E-state index >= 15 is 0 Å². The van der Waals surface area contributed by atoms with Crippen LogP contribution in [0.15, 0.2) is 12.3 Å². The average Bonchev–Trinajstić information content (AvgIpc) is 2.84. The molecule has 2 aliphatic heterocycles. The van der Waals surface area contributed by atoms with E-state index in [-0.39, 0.29) is 36.0 Å². The van der Waals surface area contributed by atoms with Crippen molar-refractivity contribution >= 4 is 11.9 Å². The number of ether oxygens (including phenoxy) is 2. The number of rotatable bonds is 5. The van der Waals surface area contributed by atoms with Crippen LogP contribution in [0, 0.1) is 5.92 Å². The maximum atomic E-state index is 13.2. The van der Waals surface area contributed by atoms with Crippen molar-refractivity contribution in [1.82, 2.24) is 20.2 Å². The zero-order chi connectivity index (χ0) is 23.4. The second-order valence-electron chi connectivity index (χ2n) is 9.02. The Morgan fingerprint density at radius 3 is 2.73 bits per heavy atom. The van der Waals surface area contributed by atoms with Gasteiger partial charge in [-0.25, -0.2) is 9.97 Å². The molecule has 0 bridgehead atoms. The molecule has 184 valence electrons. The summed E-state index contributed by atoms with van der Waals surface area (Å²) in [5, 5.41) is 3.70. The number of hydrogen-bond donors (Lipinski definition) is 1. The van der Waals surface area contributed by atoms with E-state index in [1.54, 1.807) is 12.0 Å². The van der Waals surface area contributed by atoms with Gasteiger partial charge < -0.3 is 24.6 Å². The van der Waals surface area contributed by atoms with Crippen LogP contribution in [0.2, 0.25) is 0 Å². The third-order valence-electron chi connectivity index (χ3n) is 6.89. The van der Waals surface area contributed by atoms with Gasteiger partial charge in [-0.1, -0.05) is 6.42 Å². The molecule has 11 heteroatoms. The largest absolute Gasteiger partial charge is 0.433 e. The molecule has 0 radical (unpaired) electrons. The van der Waals surface area contributed by atoms with Crippen molar-refractivity contribution in [2.24, 2.45) is 5.92 Å². The molecule has 3 heterocycles. The predicted octanol–water partition coefficient (Wildman–Crippen LogP) is 2.10. The number of aromatic nitrogens is 2. The van der Waals surface area contributed by atoms with E-state index < -0.39 is 11.9 Å². The van der Waals surface area contributed by atoms with Gasteiger partial charge in [0.2, 0.25) is 11.9 Å². The first kappa shape index (κ1) is 24.2. The van der Waals surface area contributed by atoms with Crippen LogP contribution in [-0.2, 0) is 20.4 Å². The third kappa shape index (κ3) is 5.93. The van der Waals surface area contributed by atoms with Gasteiger partial charge in [0.1, 0.15) is 5.69 Å². The van der Waals surface area contributed by atoms with Crippen molar-refractivity contribution in [3.63, 3.8) is 0 Å². The molecule has 1 saturated carbocycles. The van der Waals surface area contributed by atoms with Crippen molar-refractivity contribution < 1.29 is 27.4 Å². The molecule has 4 atom stereocenters. The molecule has 8 nitrogen and oxygen atoms in total. The summed E-state index contributed by atoms with van der Waals surface area (Å²) in [6, 6.07) is 1.37. The number of alkyl halides is 3. The molecule has 3 aliphatic rings. The molecule has 3 fully saturated rings. The van der Waals surface area contributed by atoms with Crippen molar-refractivity contribution in [2.45, 2.75) is 56.5 Å². The standard InChI is InChI=1S/C22H32F3N5O3/c1-32-18-14-33-12-6-17(18)27-16-4-2-3-15(13-16)20(31)29-8-10-30(11-9-29)21-26-7-5-19(28-21)22(23,24)25/h5,7,15-18,27H,2-4,6,8-14H2,1H3. The lowest BCUT2D eigenvalue weighted by atomic mass is 9.84. The van der Waals surface area contributed by atoms with E-state index in [0.717, 1.165) is 44.4 Å². The number of methoxy groups -OCH3 is 1. The summed E-state index contributed by atoms with van der Waals surface area (Å²) >= 11 is 0. The summed E-state index contributed by atoms with van der Waals surface area (Å²) in [7, 11) is 1.70. The first-order valence-corrected chi connectivity index (χ1v) is 11.7. The first-order chi connectivity index (χ1) is 15.8. The minimum absolute atomic E-state index is 0.0287. The zero-order valence-corrected chi connectivity index (χ0v) is 18.9. The number of carbonyl (C=O) groups excluding carboxylic acids is 1. The number of carbonyl (C=O) groups is 1. The number of amides is 1. The maximum absolute atomic E-state index is 13.2. The Morgan fingerprint density at radius 2 is 2.00 bits per heavy atom. The van der Waals surface area contributed by atoms with E-state index in [1.807, 2.05) is 4.90 Å². The third-order valence-corrected chi connectivity index (χ3v) is 6.89. The Balaban J connectivity index is 1.29. The van der Waals surface area contributed by atoms with Gasteiger partial charge in [0.15, 0.2) is 0 Å². The Morgan fingerprint density at radius 1 is 1.21 bits per heavy atom. The van der Waals surface area contributed by atoms with Gasteiger partial charge in [-0.2, -0.15) is 13.2 Å². The maximum Gasteiger partial charge on any atom is 0.433 e. The molecule has 0 spiro atoms. The molecule has 1 N–H and O–H groups in total. The van der Waals surface area contributed by atoms with Crippen LogP contribution in [0.1, 0.15) is 37.8 Å². The number of nitrogens with one attached hydrogen (secondary N) is 1. The normalized spacial score (nSPS) is 29.2. The van der Waals surface area contributed by atoms with E-state index in [0.29, 0.717) is 39.4 Å². The fourth-order valence-corrected chi connectivity index (χ4v) is 5.05. The summed E-state index contributed by atoms with van der Waals surface area (Å²) in [4.78, 5) is 24.4. The topological polar surface area (TPSA) is 79.8 Å². The summed E-state index contributed by atoms with van der Waals surface area (Å²) in [5.74, 6) is 0.165. The molecular weight excluding hydrogens is 439 g/mol. The Kier molecular flexibility index (Phi) is 7.70. The smallest absolute Gasteiger partial charge is 0.379 e. The lowest BCUT2D eigenvalue weighted by Crippen LogP contribution is -2.54. The Labute approximate surface area is 191 Å². The predicted molar refractivity (Wildman–Crippen MR) is 115 cm³/mol. The van der Waals surface area contributed by atoms with Crippen LogP contribution in [-0.4, -0.2) is 85.5 Å². The quantitative estimate of drug-likeness (QED) is 0.705. The highest BCUT2D eigenvalue weighted by Crippen LogP contribution is 2.30. The molecular formula is C22H32F3N5O3. The van der Waals surface area contributed by atoms with Gasteiger partial charge in [0.25, 0.3) is 0 Å². The van der Waals surface area contributed by atoms with E-state index in [4.69, 9.17) is 9.47 Å². The molecule has 1 aromatic rings. The average molecular weight is 472 g/mol. The highest BCUT2D eigenvalue weighted by atomic mass is 19.4. The van der Waals surface area contributed by atoms with Gasteiger partial charge in [-0.05, 0) is 31.7 Å². The number of nitrogens with zero attached hydrogens (tertiary/aromatic N) is 4. The molecule has 0 aromatic carbocycles. The van der Waals surface area contributed by atoms with Crippen LogP contribution in [0.25, 0.3) is 0 Å². The fraction of sp³-hybridized carbons (Fsp3) is 0.773. The lowest BCUT2D eigenvalue weighted by molar-refractivity contribution is -0.141. The minimum Gasteiger partial charge on any atom is -0.379 e. The Bertz CT molecular complexity index is 804. The number of piperazine rings is 1. The van der Waals surface area contributed by atoms with Gasteiger partial charge >= 0.3 is 6.18 Å². The zero-order valence-electron chi connectivity index (χ0n) is 18.9. The number of hydrogen-bond acceptors (Lipinski definition) is 7. The van der Waals surface area contributed by atoms with Crippen LogP contribution in [0.5, 0.6) is 0 Å². The molecule has 1 amide bonds. The molecule has 33 heavy (non-hydrogen) atoms. The van der Waals surface area contributed by atoms with Crippen LogP contribution >= 0.6 is 0 Å². The first-order valence-electron chi connectivity index (χ1n) is 11.7. The molecule has 4 unspecified atom stereocenters. The van der Waals surface area contributed by atoms with E-state index in [2.05, 4.69) is 15.3 Å².